The molecular formula is C15H22O5S. The average molecular weight is 314 g/mol. The van der Waals surface area contributed by atoms with E-state index in [0.29, 0.717) is 11.5 Å². The topological polar surface area (TPSA) is 69.7 Å². The van der Waals surface area contributed by atoms with Crippen LogP contribution in [0.3, 0.4) is 0 Å². The summed E-state index contributed by atoms with van der Waals surface area (Å²) in [7, 11) is -1.93. The molecule has 0 radical (unpaired) electrons. The number of carbonyl (C=O) groups excluding carboxylic acids is 1. The maximum Gasteiger partial charge on any atom is 0.329 e. The van der Waals surface area contributed by atoms with E-state index in [0.717, 1.165) is 11.8 Å². The summed E-state index contributed by atoms with van der Waals surface area (Å²) in [6.07, 6.45) is 1.01. The molecule has 0 saturated heterocycles. The summed E-state index contributed by atoms with van der Waals surface area (Å²) in [5, 5.41) is -1.20. The number of ether oxygens (including phenoxy) is 2. The van der Waals surface area contributed by atoms with Gasteiger partial charge in [-0.25, -0.2) is 8.42 Å². The Morgan fingerprint density at radius 1 is 1.24 bits per heavy atom. The van der Waals surface area contributed by atoms with Crippen LogP contribution in [0.1, 0.15) is 33.3 Å². The quantitative estimate of drug-likeness (QED) is 0.630. The fourth-order valence-corrected chi connectivity index (χ4v) is 2.08. The third-order valence-corrected chi connectivity index (χ3v) is 4.66. The van der Waals surface area contributed by atoms with Gasteiger partial charge in [0.05, 0.1) is 7.11 Å². The van der Waals surface area contributed by atoms with Gasteiger partial charge in [0.1, 0.15) is 11.5 Å². The molecule has 0 heterocycles. The van der Waals surface area contributed by atoms with Crippen LogP contribution in [-0.4, -0.2) is 33.0 Å². The highest BCUT2D eigenvalue weighted by Gasteiger charge is 2.28. The molecule has 5 nitrogen and oxygen atoms in total. The van der Waals surface area contributed by atoms with Crippen molar-refractivity contribution in [3.05, 3.63) is 23.8 Å². The van der Waals surface area contributed by atoms with Crippen molar-refractivity contribution < 1.29 is 22.7 Å². The van der Waals surface area contributed by atoms with E-state index < -0.39 is 21.1 Å². The maximum atomic E-state index is 12.0. The summed E-state index contributed by atoms with van der Waals surface area (Å²) in [6.45, 7) is 7.23. The molecular weight excluding hydrogens is 292 g/mol. The van der Waals surface area contributed by atoms with E-state index in [1.165, 1.54) is 6.92 Å². The molecule has 21 heavy (non-hydrogen) atoms. The van der Waals surface area contributed by atoms with Crippen LogP contribution in [0.25, 0.3) is 0 Å². The van der Waals surface area contributed by atoms with E-state index in [1.54, 1.807) is 25.3 Å². The van der Waals surface area contributed by atoms with Crippen LogP contribution in [0.4, 0.5) is 0 Å². The summed E-state index contributed by atoms with van der Waals surface area (Å²) in [6, 6.07) is 5.07. The Hall–Kier alpha value is -1.56. The van der Waals surface area contributed by atoms with Crippen LogP contribution >= 0.6 is 0 Å². The van der Waals surface area contributed by atoms with Crippen LogP contribution in [-0.2, 0) is 20.0 Å². The Balaban J connectivity index is 3.17. The van der Waals surface area contributed by atoms with Gasteiger partial charge in [0, 0.05) is 11.8 Å². The Bertz CT molecular complexity index is 626. The highest BCUT2D eigenvalue weighted by atomic mass is 32.2. The molecule has 0 aromatic heterocycles. The van der Waals surface area contributed by atoms with Crippen molar-refractivity contribution in [2.45, 2.75) is 38.4 Å². The number of methoxy groups -OCH3 is 1. The summed E-state index contributed by atoms with van der Waals surface area (Å²) in [4.78, 5) is 12.0. The van der Waals surface area contributed by atoms with Gasteiger partial charge in [0.2, 0.25) is 0 Å². The summed E-state index contributed by atoms with van der Waals surface area (Å²) in [5.41, 5.74) is 0.495. The molecule has 0 amide bonds. The number of rotatable bonds is 4. The van der Waals surface area contributed by atoms with Crippen LogP contribution in [0.15, 0.2) is 18.2 Å². The van der Waals surface area contributed by atoms with Gasteiger partial charge in [-0.05, 0) is 30.5 Å². The Labute approximate surface area is 126 Å². The first-order valence-electron chi connectivity index (χ1n) is 6.56. The summed E-state index contributed by atoms with van der Waals surface area (Å²) in [5.74, 6) is 0.216. The summed E-state index contributed by atoms with van der Waals surface area (Å²) < 4.78 is 33.3. The molecule has 1 aromatic carbocycles. The SMILES string of the molecule is COc1ccc(OC(=O)C(C)S(C)(=O)=O)c(C(C)(C)C)c1. The number of carbonyl (C=O) groups is 1. The Morgan fingerprint density at radius 2 is 1.81 bits per heavy atom. The highest BCUT2D eigenvalue weighted by Crippen LogP contribution is 2.34. The van der Waals surface area contributed by atoms with Gasteiger partial charge in [0.25, 0.3) is 0 Å². The van der Waals surface area contributed by atoms with Crippen molar-refractivity contribution in [1.82, 2.24) is 0 Å². The average Bonchev–Trinajstić information content (AvgIpc) is 2.35. The van der Waals surface area contributed by atoms with Crippen LogP contribution in [0.2, 0.25) is 0 Å². The zero-order chi connectivity index (χ0) is 16.4. The monoisotopic (exact) mass is 314 g/mol. The third kappa shape index (κ3) is 4.46. The van der Waals surface area contributed by atoms with Crippen molar-refractivity contribution in [3.8, 4) is 11.5 Å². The minimum atomic E-state index is -3.48. The minimum absolute atomic E-state index is 0.279. The van der Waals surface area contributed by atoms with Crippen molar-refractivity contribution in [2.24, 2.45) is 0 Å². The lowest BCUT2D eigenvalue weighted by molar-refractivity contribution is -0.133. The predicted molar refractivity (Wildman–Crippen MR) is 81.6 cm³/mol. The molecule has 1 unspecified atom stereocenters. The van der Waals surface area contributed by atoms with E-state index in [1.807, 2.05) is 20.8 Å². The van der Waals surface area contributed by atoms with Crippen molar-refractivity contribution in [1.29, 1.82) is 0 Å². The lowest BCUT2D eigenvalue weighted by atomic mass is 9.86. The van der Waals surface area contributed by atoms with Crippen LogP contribution in [0.5, 0.6) is 11.5 Å². The van der Waals surface area contributed by atoms with Crippen LogP contribution < -0.4 is 9.47 Å². The molecule has 6 heteroatoms. The van der Waals surface area contributed by atoms with Crippen LogP contribution in [0, 0.1) is 0 Å². The molecule has 0 aliphatic heterocycles. The first-order chi connectivity index (χ1) is 9.46. The van der Waals surface area contributed by atoms with Gasteiger partial charge in [-0.1, -0.05) is 20.8 Å². The minimum Gasteiger partial charge on any atom is -0.497 e. The lowest BCUT2D eigenvalue weighted by Gasteiger charge is -2.23. The number of sulfone groups is 1. The fraction of sp³-hybridized carbons (Fsp3) is 0.533. The third-order valence-electron chi connectivity index (χ3n) is 3.18. The molecule has 118 valence electrons. The molecule has 0 N–H and O–H groups in total. The van der Waals surface area contributed by atoms with Gasteiger partial charge < -0.3 is 9.47 Å². The maximum absolute atomic E-state index is 12.0. The molecule has 0 aliphatic carbocycles. The first-order valence-corrected chi connectivity index (χ1v) is 8.51. The number of hydrogen-bond donors (Lipinski definition) is 0. The molecule has 1 atom stereocenters. The second-order valence-electron chi connectivity index (χ2n) is 6.00. The zero-order valence-electron chi connectivity index (χ0n) is 13.3. The Morgan fingerprint density at radius 3 is 2.24 bits per heavy atom. The van der Waals surface area contributed by atoms with Crippen molar-refractivity contribution in [2.75, 3.05) is 13.4 Å². The largest absolute Gasteiger partial charge is 0.497 e. The molecule has 1 rings (SSSR count). The van der Waals surface area contributed by atoms with Gasteiger partial charge in [-0.15, -0.1) is 0 Å². The van der Waals surface area contributed by atoms with Gasteiger partial charge in [-0.3, -0.25) is 4.79 Å². The predicted octanol–water partition coefficient (Wildman–Crippen LogP) is 2.33. The smallest absolute Gasteiger partial charge is 0.329 e. The normalized spacial score (nSPS) is 13.6. The number of hydrogen-bond acceptors (Lipinski definition) is 5. The standard InChI is InChI=1S/C15H22O5S/c1-10(21(6,17)18)14(16)20-13-8-7-11(19-5)9-12(13)15(2,3)4/h7-10H,1-6H3. The van der Waals surface area contributed by atoms with E-state index in [-0.39, 0.29) is 5.41 Å². The first kappa shape index (κ1) is 17.5. The molecule has 0 aliphatic rings. The second-order valence-corrected chi connectivity index (χ2v) is 8.37. The van der Waals surface area contributed by atoms with E-state index >= 15 is 0 Å². The van der Waals surface area contributed by atoms with Crippen molar-refractivity contribution in [3.63, 3.8) is 0 Å². The molecule has 0 bridgehead atoms. The van der Waals surface area contributed by atoms with E-state index in [4.69, 9.17) is 9.47 Å². The molecule has 0 fully saturated rings. The van der Waals surface area contributed by atoms with E-state index in [2.05, 4.69) is 0 Å². The van der Waals surface area contributed by atoms with Gasteiger partial charge in [0.15, 0.2) is 15.1 Å². The van der Waals surface area contributed by atoms with Crippen molar-refractivity contribution >= 4 is 15.8 Å². The molecule has 0 saturated carbocycles. The van der Waals surface area contributed by atoms with E-state index in [9.17, 15) is 13.2 Å². The zero-order valence-corrected chi connectivity index (χ0v) is 14.1. The summed E-state index contributed by atoms with van der Waals surface area (Å²) >= 11 is 0. The highest BCUT2D eigenvalue weighted by molar-refractivity contribution is 7.92. The second kappa shape index (κ2) is 6.05. The number of benzene rings is 1. The molecule has 1 aromatic rings. The fourth-order valence-electron chi connectivity index (χ4n) is 1.68. The van der Waals surface area contributed by atoms with Gasteiger partial charge in [-0.2, -0.15) is 0 Å². The number of esters is 1. The molecule has 0 spiro atoms. The Kier molecular flexibility index (Phi) is 5.04. The lowest BCUT2D eigenvalue weighted by Crippen LogP contribution is -2.31. The van der Waals surface area contributed by atoms with Gasteiger partial charge >= 0.3 is 5.97 Å².